The van der Waals surface area contributed by atoms with E-state index in [9.17, 15) is 14.4 Å². The Morgan fingerprint density at radius 2 is 1.83 bits per heavy atom. The van der Waals surface area contributed by atoms with Crippen molar-refractivity contribution >= 4 is 34.3 Å². The fourth-order valence-electron chi connectivity index (χ4n) is 4.45. The van der Waals surface area contributed by atoms with Crippen molar-refractivity contribution < 1.29 is 14.4 Å². The van der Waals surface area contributed by atoms with Crippen molar-refractivity contribution in [1.29, 1.82) is 0 Å². The van der Waals surface area contributed by atoms with Crippen LogP contribution in [0.3, 0.4) is 0 Å². The minimum Gasteiger partial charge on any atom is -0.337 e. The van der Waals surface area contributed by atoms with Crippen LogP contribution in [0.4, 0.5) is 5.82 Å². The second-order valence-electron chi connectivity index (χ2n) is 9.02. The summed E-state index contributed by atoms with van der Waals surface area (Å²) in [5.41, 5.74) is 3.84. The normalized spacial score (nSPS) is 15.0. The van der Waals surface area contributed by atoms with Crippen molar-refractivity contribution in [2.45, 2.75) is 39.8 Å². The molecule has 0 spiro atoms. The molecule has 182 valence electrons. The van der Waals surface area contributed by atoms with E-state index in [1.165, 1.54) is 6.92 Å². The van der Waals surface area contributed by atoms with Gasteiger partial charge in [-0.15, -0.1) is 0 Å². The van der Waals surface area contributed by atoms with E-state index >= 15 is 0 Å². The molecule has 9 nitrogen and oxygen atoms in total. The third kappa shape index (κ3) is 4.47. The zero-order valence-corrected chi connectivity index (χ0v) is 20.4. The third-order valence-corrected chi connectivity index (χ3v) is 6.46. The Bertz CT molecular complexity index is 1490. The lowest BCUT2D eigenvalue weighted by Gasteiger charge is -2.39. The van der Waals surface area contributed by atoms with Gasteiger partial charge in [-0.2, -0.15) is 0 Å². The number of nitrogens with zero attached hydrogens (tertiary/aromatic N) is 5. The van der Waals surface area contributed by atoms with Crippen LogP contribution in [0.5, 0.6) is 0 Å². The molecule has 2 amide bonds. The van der Waals surface area contributed by atoms with Gasteiger partial charge in [-0.1, -0.05) is 12.1 Å². The molecule has 0 saturated carbocycles. The number of hydrogen-bond donors (Lipinski definition) is 1. The van der Waals surface area contributed by atoms with Crippen LogP contribution in [0.2, 0.25) is 0 Å². The lowest BCUT2D eigenvalue weighted by molar-refractivity contribution is -0.145. The van der Waals surface area contributed by atoms with Crippen LogP contribution < -0.4 is 5.32 Å². The fraction of sp³-hybridized carbons (Fsp3) is 0.259. The van der Waals surface area contributed by atoms with E-state index in [0.29, 0.717) is 30.2 Å². The van der Waals surface area contributed by atoms with Crippen molar-refractivity contribution in [3.63, 3.8) is 0 Å². The number of benzene rings is 1. The van der Waals surface area contributed by atoms with Crippen molar-refractivity contribution in [2.75, 3.05) is 11.9 Å². The minimum atomic E-state index is -0.540. The predicted octanol–water partition coefficient (Wildman–Crippen LogP) is 3.55. The van der Waals surface area contributed by atoms with Gasteiger partial charge in [0.15, 0.2) is 5.78 Å². The van der Waals surface area contributed by atoms with E-state index in [4.69, 9.17) is 0 Å². The van der Waals surface area contributed by atoms with E-state index in [1.54, 1.807) is 34.1 Å². The molecule has 3 aromatic heterocycles. The number of aryl methyl sites for hydroxylation is 2. The van der Waals surface area contributed by atoms with Crippen LogP contribution in [0.15, 0.2) is 55.0 Å². The fourth-order valence-corrected chi connectivity index (χ4v) is 4.45. The summed E-state index contributed by atoms with van der Waals surface area (Å²) in [6.45, 7) is 5.72. The molecule has 1 aliphatic heterocycles. The first kappa shape index (κ1) is 23.3. The van der Waals surface area contributed by atoms with E-state index in [0.717, 1.165) is 27.7 Å². The second-order valence-corrected chi connectivity index (χ2v) is 9.02. The first-order valence-corrected chi connectivity index (χ1v) is 11.8. The van der Waals surface area contributed by atoms with Gasteiger partial charge in [0.2, 0.25) is 11.8 Å². The first-order valence-electron chi connectivity index (χ1n) is 11.8. The summed E-state index contributed by atoms with van der Waals surface area (Å²) in [5.74, 6) is 0.634. The number of likely N-dealkylation sites (tertiary alicyclic amines) is 1. The average Bonchev–Trinajstić information content (AvgIpc) is 3.16. The van der Waals surface area contributed by atoms with Crippen LogP contribution in [-0.4, -0.2) is 54.6 Å². The highest BCUT2D eigenvalue weighted by Gasteiger charge is 2.37. The number of fused-ring (bicyclic) bond motifs is 1. The zero-order chi connectivity index (χ0) is 25.4. The molecule has 1 aliphatic rings. The van der Waals surface area contributed by atoms with Crippen molar-refractivity contribution in [3.05, 3.63) is 72.1 Å². The largest absolute Gasteiger partial charge is 0.337 e. The molecule has 1 atom stereocenters. The van der Waals surface area contributed by atoms with Crippen LogP contribution in [0, 0.1) is 13.8 Å². The number of rotatable bonds is 6. The molecular weight excluding hydrogens is 456 g/mol. The molecule has 36 heavy (non-hydrogen) atoms. The van der Waals surface area contributed by atoms with Gasteiger partial charge in [-0.05, 0) is 57.0 Å². The molecule has 1 unspecified atom stereocenters. The zero-order valence-electron chi connectivity index (χ0n) is 20.4. The van der Waals surface area contributed by atoms with E-state index in [2.05, 4.69) is 20.3 Å². The lowest BCUT2D eigenvalue weighted by Crippen LogP contribution is -2.57. The standard InChI is InChI=1S/C27H26N6O3/c1-16-5-4-6-25(30-16)31-27(36)24-9-10-33(24)26(35)15-32-14-22(17(2)34)21-11-19(7-8-23(21)32)20-12-28-18(3)29-13-20/h4-8,11-14,24H,9-10,15H2,1-3H3,(H,30,31,36). The Kier molecular flexibility index (Phi) is 6.05. The number of ketones is 1. The summed E-state index contributed by atoms with van der Waals surface area (Å²) in [6, 6.07) is 10.6. The van der Waals surface area contributed by atoms with Crippen molar-refractivity contribution in [3.8, 4) is 11.1 Å². The molecule has 1 fully saturated rings. The Morgan fingerprint density at radius 3 is 2.50 bits per heavy atom. The number of nitrogens with one attached hydrogen (secondary N) is 1. The monoisotopic (exact) mass is 482 g/mol. The summed E-state index contributed by atoms with van der Waals surface area (Å²) in [6.07, 6.45) is 5.81. The summed E-state index contributed by atoms with van der Waals surface area (Å²) in [4.78, 5) is 52.7. The number of carbonyl (C=O) groups is 3. The van der Waals surface area contributed by atoms with Crippen molar-refractivity contribution in [1.82, 2.24) is 24.4 Å². The number of carbonyl (C=O) groups excluding carboxylic acids is 3. The maximum atomic E-state index is 13.2. The third-order valence-electron chi connectivity index (χ3n) is 6.46. The summed E-state index contributed by atoms with van der Waals surface area (Å²) < 4.78 is 1.78. The molecule has 1 aromatic carbocycles. The lowest BCUT2D eigenvalue weighted by atomic mass is 10.0. The first-order chi connectivity index (χ1) is 17.3. The van der Waals surface area contributed by atoms with Gasteiger partial charge in [-0.3, -0.25) is 14.4 Å². The number of Topliss-reactive ketones (excluding diaryl/α,β-unsaturated/α-hetero) is 1. The highest BCUT2D eigenvalue weighted by molar-refractivity contribution is 6.08. The number of anilines is 1. The SMILES string of the molecule is CC(=O)c1cn(CC(=O)N2CCC2C(=O)Nc2cccc(C)n2)c2ccc(-c3cnc(C)nc3)cc12. The number of aromatic nitrogens is 4. The molecule has 4 aromatic rings. The topological polar surface area (TPSA) is 110 Å². The maximum Gasteiger partial charge on any atom is 0.248 e. The Hall–Kier alpha value is -4.40. The predicted molar refractivity (Wildman–Crippen MR) is 135 cm³/mol. The van der Waals surface area contributed by atoms with Crippen LogP contribution in [0.1, 0.15) is 35.2 Å². The molecule has 0 bridgehead atoms. The summed E-state index contributed by atoms with van der Waals surface area (Å²) in [5, 5.41) is 3.56. The van der Waals surface area contributed by atoms with Gasteiger partial charge >= 0.3 is 0 Å². The van der Waals surface area contributed by atoms with Gasteiger partial charge in [0.25, 0.3) is 0 Å². The van der Waals surface area contributed by atoms with Gasteiger partial charge in [0.1, 0.15) is 24.2 Å². The smallest absolute Gasteiger partial charge is 0.248 e. The molecule has 4 heterocycles. The molecule has 5 rings (SSSR count). The Morgan fingerprint density at radius 1 is 1.06 bits per heavy atom. The van der Waals surface area contributed by atoms with Crippen LogP contribution in [-0.2, 0) is 16.1 Å². The van der Waals surface area contributed by atoms with Crippen LogP contribution in [0.25, 0.3) is 22.0 Å². The molecule has 0 aliphatic carbocycles. The van der Waals surface area contributed by atoms with Gasteiger partial charge in [0, 0.05) is 52.9 Å². The van der Waals surface area contributed by atoms with E-state index < -0.39 is 6.04 Å². The summed E-state index contributed by atoms with van der Waals surface area (Å²) >= 11 is 0. The molecule has 9 heteroatoms. The Labute approximate surface area is 208 Å². The van der Waals surface area contributed by atoms with Gasteiger partial charge in [0.05, 0.1) is 0 Å². The molecular formula is C27H26N6O3. The quantitative estimate of drug-likeness (QED) is 0.421. The molecule has 1 saturated heterocycles. The molecule has 0 radical (unpaired) electrons. The number of amides is 2. The van der Waals surface area contributed by atoms with Crippen LogP contribution >= 0.6 is 0 Å². The number of pyridine rings is 1. The highest BCUT2D eigenvalue weighted by atomic mass is 16.2. The second kappa shape index (κ2) is 9.33. The van der Waals surface area contributed by atoms with Gasteiger partial charge < -0.3 is 14.8 Å². The minimum absolute atomic E-state index is 0.0310. The molecule has 1 N–H and O–H groups in total. The van der Waals surface area contributed by atoms with Gasteiger partial charge in [-0.25, -0.2) is 15.0 Å². The summed E-state index contributed by atoms with van der Waals surface area (Å²) in [7, 11) is 0. The maximum absolute atomic E-state index is 13.2. The average molecular weight is 483 g/mol. The van der Waals surface area contributed by atoms with E-state index in [-0.39, 0.29) is 24.1 Å². The Balaban J connectivity index is 1.36. The van der Waals surface area contributed by atoms with Crippen molar-refractivity contribution in [2.24, 2.45) is 0 Å². The number of hydrogen-bond acceptors (Lipinski definition) is 6. The van der Waals surface area contributed by atoms with E-state index in [1.807, 2.05) is 44.2 Å². The highest BCUT2D eigenvalue weighted by Crippen LogP contribution is 2.29.